The Labute approximate surface area is 105 Å². The standard InChI is InChI=1S/C13H16N2O3/c1-8-6-15-7-10(13(16)18-4)5-11(9(2)17-3)12(15)14-8/h5-7,9H,1-4H3. The minimum absolute atomic E-state index is 0.140. The number of aromatic nitrogens is 2. The van der Waals surface area contributed by atoms with Gasteiger partial charge < -0.3 is 13.9 Å². The highest BCUT2D eigenvalue weighted by Crippen LogP contribution is 2.23. The van der Waals surface area contributed by atoms with Gasteiger partial charge in [-0.2, -0.15) is 0 Å². The summed E-state index contributed by atoms with van der Waals surface area (Å²) in [4.78, 5) is 16.1. The average molecular weight is 248 g/mol. The van der Waals surface area contributed by atoms with Crippen molar-refractivity contribution in [2.75, 3.05) is 14.2 Å². The van der Waals surface area contributed by atoms with E-state index in [1.807, 2.05) is 24.4 Å². The highest BCUT2D eigenvalue weighted by molar-refractivity contribution is 5.89. The topological polar surface area (TPSA) is 52.8 Å². The van der Waals surface area contributed by atoms with E-state index in [0.29, 0.717) is 5.56 Å². The third-order valence-corrected chi connectivity index (χ3v) is 2.91. The quantitative estimate of drug-likeness (QED) is 0.781. The number of esters is 1. The first kappa shape index (κ1) is 12.6. The molecule has 0 aliphatic rings. The van der Waals surface area contributed by atoms with Crippen molar-refractivity contribution in [3.05, 3.63) is 35.3 Å². The van der Waals surface area contributed by atoms with Crippen molar-refractivity contribution < 1.29 is 14.3 Å². The SMILES string of the molecule is COC(=O)c1cc(C(C)OC)c2nc(C)cn2c1. The summed E-state index contributed by atoms with van der Waals surface area (Å²) in [6.45, 7) is 3.83. The molecule has 2 rings (SSSR count). The molecule has 1 atom stereocenters. The Bertz CT molecular complexity index is 589. The van der Waals surface area contributed by atoms with Crippen LogP contribution in [0.3, 0.4) is 0 Å². The van der Waals surface area contributed by atoms with E-state index in [9.17, 15) is 4.79 Å². The van der Waals surface area contributed by atoms with Gasteiger partial charge in [0.2, 0.25) is 0 Å². The molecular formula is C13H16N2O3. The number of methoxy groups -OCH3 is 2. The number of pyridine rings is 1. The van der Waals surface area contributed by atoms with Crippen molar-refractivity contribution >= 4 is 11.6 Å². The Morgan fingerprint density at radius 1 is 1.39 bits per heavy atom. The summed E-state index contributed by atoms with van der Waals surface area (Å²) >= 11 is 0. The monoisotopic (exact) mass is 248 g/mol. The van der Waals surface area contributed by atoms with Gasteiger partial charge in [0, 0.05) is 25.1 Å². The van der Waals surface area contributed by atoms with Crippen LogP contribution in [-0.2, 0) is 9.47 Å². The van der Waals surface area contributed by atoms with Crippen LogP contribution in [0.25, 0.3) is 5.65 Å². The largest absolute Gasteiger partial charge is 0.465 e. The number of hydrogen-bond donors (Lipinski definition) is 0. The van der Waals surface area contributed by atoms with Crippen LogP contribution < -0.4 is 0 Å². The molecule has 5 nitrogen and oxygen atoms in total. The normalized spacial score (nSPS) is 12.7. The molecule has 0 fully saturated rings. The van der Waals surface area contributed by atoms with Gasteiger partial charge in [-0.1, -0.05) is 0 Å². The summed E-state index contributed by atoms with van der Waals surface area (Å²) in [5, 5.41) is 0. The van der Waals surface area contributed by atoms with Gasteiger partial charge >= 0.3 is 5.97 Å². The first-order valence-electron chi connectivity index (χ1n) is 5.67. The number of nitrogens with zero attached hydrogens (tertiary/aromatic N) is 2. The molecule has 0 aliphatic carbocycles. The van der Waals surface area contributed by atoms with Crippen LogP contribution >= 0.6 is 0 Å². The molecule has 0 spiro atoms. The molecule has 5 heteroatoms. The first-order valence-corrected chi connectivity index (χ1v) is 5.67. The van der Waals surface area contributed by atoms with Crippen LogP contribution in [0.4, 0.5) is 0 Å². The van der Waals surface area contributed by atoms with Crippen molar-refractivity contribution in [2.45, 2.75) is 20.0 Å². The Balaban J connectivity index is 2.67. The molecule has 0 saturated heterocycles. The lowest BCUT2D eigenvalue weighted by atomic mass is 10.1. The average Bonchev–Trinajstić information content (AvgIpc) is 2.75. The molecule has 2 heterocycles. The summed E-state index contributed by atoms with van der Waals surface area (Å²) in [7, 11) is 2.99. The summed E-state index contributed by atoms with van der Waals surface area (Å²) < 4.78 is 11.9. The number of rotatable bonds is 3. The molecule has 0 bridgehead atoms. The van der Waals surface area contributed by atoms with Crippen LogP contribution in [-0.4, -0.2) is 29.6 Å². The zero-order valence-corrected chi connectivity index (χ0v) is 10.9. The third-order valence-electron chi connectivity index (χ3n) is 2.91. The molecule has 18 heavy (non-hydrogen) atoms. The Hall–Kier alpha value is -1.88. The fourth-order valence-electron chi connectivity index (χ4n) is 1.90. The predicted molar refractivity (Wildman–Crippen MR) is 66.7 cm³/mol. The molecule has 0 radical (unpaired) electrons. The van der Waals surface area contributed by atoms with Crippen molar-refractivity contribution in [2.24, 2.45) is 0 Å². The summed E-state index contributed by atoms with van der Waals surface area (Å²) in [6, 6.07) is 1.77. The molecule has 0 amide bonds. The zero-order chi connectivity index (χ0) is 13.3. The van der Waals surface area contributed by atoms with E-state index in [1.165, 1.54) is 7.11 Å². The van der Waals surface area contributed by atoms with Gasteiger partial charge in [0.25, 0.3) is 0 Å². The molecule has 96 valence electrons. The lowest BCUT2D eigenvalue weighted by molar-refractivity contribution is 0.0599. The molecule has 2 aromatic rings. The van der Waals surface area contributed by atoms with Gasteiger partial charge in [-0.05, 0) is 19.9 Å². The second-order valence-corrected chi connectivity index (χ2v) is 4.17. The number of carbonyl (C=O) groups excluding carboxylic acids is 1. The number of aryl methyl sites for hydroxylation is 1. The second kappa shape index (κ2) is 4.78. The lowest BCUT2D eigenvalue weighted by Gasteiger charge is -2.12. The highest BCUT2D eigenvalue weighted by Gasteiger charge is 2.16. The van der Waals surface area contributed by atoms with Crippen LogP contribution in [0.1, 0.15) is 34.6 Å². The highest BCUT2D eigenvalue weighted by atomic mass is 16.5. The number of carbonyl (C=O) groups is 1. The van der Waals surface area contributed by atoms with E-state index in [4.69, 9.17) is 9.47 Å². The van der Waals surface area contributed by atoms with Gasteiger partial charge in [-0.25, -0.2) is 9.78 Å². The van der Waals surface area contributed by atoms with Crippen LogP contribution in [0.15, 0.2) is 18.5 Å². The number of fused-ring (bicyclic) bond motifs is 1. The van der Waals surface area contributed by atoms with E-state index < -0.39 is 0 Å². The van der Waals surface area contributed by atoms with E-state index >= 15 is 0 Å². The minimum Gasteiger partial charge on any atom is -0.465 e. The maximum Gasteiger partial charge on any atom is 0.339 e. The molecule has 0 aromatic carbocycles. The Morgan fingerprint density at radius 2 is 2.11 bits per heavy atom. The smallest absolute Gasteiger partial charge is 0.339 e. The molecule has 0 aliphatic heterocycles. The van der Waals surface area contributed by atoms with Gasteiger partial charge in [0.1, 0.15) is 5.65 Å². The van der Waals surface area contributed by atoms with E-state index in [-0.39, 0.29) is 12.1 Å². The Morgan fingerprint density at radius 3 is 2.72 bits per heavy atom. The van der Waals surface area contributed by atoms with Crippen molar-refractivity contribution in [1.29, 1.82) is 0 Å². The van der Waals surface area contributed by atoms with E-state index in [0.717, 1.165) is 16.9 Å². The zero-order valence-electron chi connectivity index (χ0n) is 10.9. The predicted octanol–water partition coefficient (Wildman–Crippen LogP) is 2.14. The van der Waals surface area contributed by atoms with E-state index in [2.05, 4.69) is 4.98 Å². The maximum atomic E-state index is 11.6. The molecule has 2 aromatic heterocycles. The maximum absolute atomic E-state index is 11.6. The van der Waals surface area contributed by atoms with Gasteiger partial charge in [0.15, 0.2) is 0 Å². The van der Waals surface area contributed by atoms with Crippen LogP contribution in [0.5, 0.6) is 0 Å². The van der Waals surface area contributed by atoms with Crippen molar-refractivity contribution in [3.63, 3.8) is 0 Å². The molecule has 0 N–H and O–H groups in total. The number of imidazole rings is 1. The van der Waals surface area contributed by atoms with Gasteiger partial charge in [-0.15, -0.1) is 0 Å². The fraction of sp³-hybridized carbons (Fsp3) is 0.385. The van der Waals surface area contributed by atoms with Gasteiger partial charge in [-0.3, -0.25) is 0 Å². The minimum atomic E-state index is -0.368. The summed E-state index contributed by atoms with van der Waals surface area (Å²) in [5.41, 5.74) is 3.05. The first-order chi connectivity index (χ1) is 8.56. The molecular weight excluding hydrogens is 232 g/mol. The lowest BCUT2D eigenvalue weighted by Crippen LogP contribution is -2.07. The van der Waals surface area contributed by atoms with Crippen LogP contribution in [0, 0.1) is 6.92 Å². The fourth-order valence-corrected chi connectivity index (χ4v) is 1.90. The molecule has 1 unspecified atom stereocenters. The van der Waals surface area contributed by atoms with Crippen molar-refractivity contribution in [3.8, 4) is 0 Å². The molecule has 0 saturated carbocycles. The third kappa shape index (κ3) is 2.09. The second-order valence-electron chi connectivity index (χ2n) is 4.17. The number of hydrogen-bond acceptors (Lipinski definition) is 4. The Kier molecular flexibility index (Phi) is 3.34. The van der Waals surface area contributed by atoms with E-state index in [1.54, 1.807) is 19.4 Å². The summed E-state index contributed by atoms with van der Waals surface area (Å²) in [5.74, 6) is -0.368. The van der Waals surface area contributed by atoms with Gasteiger partial charge in [0.05, 0.1) is 24.5 Å². The van der Waals surface area contributed by atoms with Crippen LogP contribution in [0.2, 0.25) is 0 Å². The summed E-state index contributed by atoms with van der Waals surface area (Å²) in [6.07, 6.45) is 3.44. The number of ether oxygens (including phenoxy) is 2. The van der Waals surface area contributed by atoms with Crippen molar-refractivity contribution in [1.82, 2.24) is 9.38 Å².